The van der Waals surface area contributed by atoms with Gasteiger partial charge < -0.3 is 59.4 Å². The van der Waals surface area contributed by atoms with Crippen LogP contribution in [-0.4, -0.2) is 100 Å². The molecule has 0 radical (unpaired) electrons. The minimum atomic E-state index is -1.60. The molecule has 7 N–H and O–H groups in total. The van der Waals surface area contributed by atoms with Crippen molar-refractivity contribution in [2.45, 2.75) is 42.9 Å². The summed E-state index contributed by atoms with van der Waals surface area (Å²) in [4.78, 5) is 0. The van der Waals surface area contributed by atoms with E-state index >= 15 is 0 Å². The van der Waals surface area contributed by atoms with E-state index in [0.29, 0.717) is 11.1 Å². The Balaban J connectivity index is 1.60. The summed E-state index contributed by atoms with van der Waals surface area (Å²) in [5.74, 6) is -0.345. The molecule has 4 rings (SSSR count). The quantitative estimate of drug-likeness (QED) is 0.220. The molecule has 12 heteroatoms. The zero-order valence-corrected chi connectivity index (χ0v) is 21.0. The topological polar surface area (TPSA) is 188 Å². The molecule has 2 heterocycles. The normalized spacial score (nSPS) is 33.2. The van der Waals surface area contributed by atoms with E-state index in [-0.39, 0.29) is 36.2 Å². The number of aliphatic hydroxyl groups is 6. The zero-order valence-electron chi connectivity index (χ0n) is 21.0. The van der Waals surface area contributed by atoms with Gasteiger partial charge in [0.2, 0.25) is 6.29 Å². The van der Waals surface area contributed by atoms with E-state index in [0.717, 1.165) is 0 Å². The van der Waals surface area contributed by atoms with Crippen LogP contribution in [0.15, 0.2) is 36.4 Å². The molecule has 2 aromatic rings. The molecule has 12 nitrogen and oxygen atoms in total. The van der Waals surface area contributed by atoms with Gasteiger partial charge in [-0.1, -0.05) is 12.1 Å². The van der Waals surface area contributed by atoms with Gasteiger partial charge in [0.05, 0.1) is 33.0 Å². The molecule has 210 valence electrons. The Hall–Kier alpha value is -2.68. The van der Waals surface area contributed by atoms with Gasteiger partial charge in [-0.05, 0) is 35.4 Å². The summed E-state index contributed by atoms with van der Waals surface area (Å²) in [6.07, 6.45) is -8.49. The molecule has 9 atom stereocenters. The molecule has 0 unspecified atom stereocenters. The van der Waals surface area contributed by atoms with E-state index in [1.165, 1.54) is 26.4 Å². The molecule has 0 bridgehead atoms. The van der Waals surface area contributed by atoms with Crippen molar-refractivity contribution in [3.05, 3.63) is 47.5 Å². The number of hydrogen-bond donors (Lipinski definition) is 7. The van der Waals surface area contributed by atoms with Gasteiger partial charge in [-0.15, -0.1) is 0 Å². The second-order valence-electron chi connectivity index (χ2n) is 9.33. The summed E-state index contributed by atoms with van der Waals surface area (Å²) in [5.41, 5.74) is 1.28. The largest absolute Gasteiger partial charge is 0.504 e. The smallest absolute Gasteiger partial charge is 0.229 e. The van der Waals surface area contributed by atoms with Crippen molar-refractivity contribution in [1.82, 2.24) is 0 Å². The fraction of sp³-hybridized carbons (Fsp3) is 0.538. The fourth-order valence-corrected chi connectivity index (χ4v) is 5.04. The number of methoxy groups -OCH3 is 2. The molecule has 2 fully saturated rings. The number of hydrogen-bond acceptors (Lipinski definition) is 12. The van der Waals surface area contributed by atoms with Crippen LogP contribution in [0.1, 0.15) is 23.3 Å². The first-order valence-electron chi connectivity index (χ1n) is 12.2. The minimum absolute atomic E-state index is 0.0372. The number of ether oxygens (including phenoxy) is 5. The number of rotatable bonds is 9. The number of aliphatic hydroxyl groups excluding tert-OH is 6. The molecule has 38 heavy (non-hydrogen) atoms. The number of phenols is 1. The Kier molecular flexibility index (Phi) is 8.96. The van der Waals surface area contributed by atoms with Crippen LogP contribution < -0.4 is 14.2 Å². The minimum Gasteiger partial charge on any atom is -0.504 e. The molecular formula is C26H34O12. The van der Waals surface area contributed by atoms with Crippen LogP contribution in [0.25, 0.3) is 0 Å². The first-order valence-corrected chi connectivity index (χ1v) is 12.2. The predicted molar refractivity (Wildman–Crippen MR) is 130 cm³/mol. The van der Waals surface area contributed by atoms with Crippen LogP contribution in [0.4, 0.5) is 0 Å². The van der Waals surface area contributed by atoms with Gasteiger partial charge in [0, 0.05) is 25.0 Å². The monoisotopic (exact) mass is 538 g/mol. The highest BCUT2D eigenvalue weighted by atomic mass is 16.7. The molecule has 0 saturated carbocycles. The van der Waals surface area contributed by atoms with Gasteiger partial charge >= 0.3 is 0 Å². The average Bonchev–Trinajstić information content (AvgIpc) is 3.32. The van der Waals surface area contributed by atoms with Gasteiger partial charge in [0.25, 0.3) is 0 Å². The van der Waals surface area contributed by atoms with Crippen molar-refractivity contribution in [3.63, 3.8) is 0 Å². The van der Waals surface area contributed by atoms with Gasteiger partial charge in [-0.3, -0.25) is 0 Å². The average molecular weight is 539 g/mol. The third-order valence-electron chi connectivity index (χ3n) is 7.18. The highest BCUT2D eigenvalue weighted by Gasteiger charge is 2.46. The van der Waals surface area contributed by atoms with E-state index in [4.69, 9.17) is 23.7 Å². The summed E-state index contributed by atoms with van der Waals surface area (Å²) in [6, 6.07) is 9.60. The fourth-order valence-electron chi connectivity index (χ4n) is 5.04. The number of aromatic hydroxyl groups is 1. The van der Waals surface area contributed by atoms with Crippen LogP contribution >= 0.6 is 0 Å². The zero-order chi connectivity index (χ0) is 27.6. The first-order chi connectivity index (χ1) is 18.3. The highest BCUT2D eigenvalue weighted by Crippen LogP contribution is 2.51. The standard InChI is InChI=1S/C26H34O12/c1-34-18-7-12(3-5-16(18)30)24-14(9-27)15(10-28)25(38-24)13-4-6-17(19(8-13)35-2)36-26-23(33)22(32)21(31)20(11-29)37-26/h3-8,14-15,20-33H,9-11H2,1-2H3/t14-,15-,20-,21-,22+,23-,24+,25+,26-/m1/s1. The summed E-state index contributed by atoms with van der Waals surface area (Å²) in [7, 11) is 2.83. The van der Waals surface area contributed by atoms with Crippen LogP contribution in [-0.2, 0) is 9.47 Å². The van der Waals surface area contributed by atoms with Crippen molar-refractivity contribution < 1.29 is 59.4 Å². The second kappa shape index (κ2) is 12.0. The molecule has 2 saturated heterocycles. The lowest BCUT2D eigenvalue weighted by atomic mass is 9.83. The second-order valence-corrected chi connectivity index (χ2v) is 9.33. The molecular weight excluding hydrogens is 504 g/mol. The maximum absolute atomic E-state index is 10.3. The van der Waals surface area contributed by atoms with Crippen molar-refractivity contribution in [2.24, 2.45) is 11.8 Å². The predicted octanol–water partition coefficient (Wildman–Crippen LogP) is -0.382. The molecule has 2 aromatic carbocycles. The van der Waals surface area contributed by atoms with E-state index < -0.39 is 61.4 Å². The van der Waals surface area contributed by atoms with Crippen molar-refractivity contribution in [1.29, 1.82) is 0 Å². The third-order valence-corrected chi connectivity index (χ3v) is 7.18. The number of phenolic OH excluding ortho intramolecular Hbond substituents is 1. The van der Waals surface area contributed by atoms with E-state index in [1.54, 1.807) is 24.3 Å². The van der Waals surface area contributed by atoms with Crippen molar-refractivity contribution in [3.8, 4) is 23.0 Å². The third kappa shape index (κ3) is 5.26. The Labute approximate surface area is 219 Å². The molecule has 0 spiro atoms. The summed E-state index contributed by atoms with van der Waals surface area (Å²) < 4.78 is 28.1. The van der Waals surface area contributed by atoms with Crippen LogP contribution in [0.2, 0.25) is 0 Å². The van der Waals surface area contributed by atoms with Gasteiger partial charge in [0.1, 0.15) is 24.4 Å². The SMILES string of the molecule is COc1cc([C@@H]2O[C@@H](c3ccc(O[C@@H]4O[C@H](CO)[C@@H](O)[C@H](O)[C@H]4O)c(OC)c3)[C@H](CO)[C@H]2CO)ccc1O. The Morgan fingerprint density at radius 3 is 1.82 bits per heavy atom. The summed E-state index contributed by atoms with van der Waals surface area (Å²) >= 11 is 0. The van der Waals surface area contributed by atoms with E-state index in [1.807, 2.05) is 0 Å². The van der Waals surface area contributed by atoms with Crippen LogP contribution in [0.3, 0.4) is 0 Å². The summed E-state index contributed by atoms with van der Waals surface area (Å²) in [6.45, 7) is -1.12. The molecule has 2 aliphatic heterocycles. The van der Waals surface area contributed by atoms with Crippen molar-refractivity contribution in [2.75, 3.05) is 34.0 Å². The maximum atomic E-state index is 10.3. The molecule has 2 aliphatic rings. The lowest BCUT2D eigenvalue weighted by molar-refractivity contribution is -0.277. The van der Waals surface area contributed by atoms with Crippen molar-refractivity contribution >= 4 is 0 Å². The molecule has 0 aliphatic carbocycles. The lowest BCUT2D eigenvalue weighted by Crippen LogP contribution is -2.60. The Bertz CT molecular complexity index is 1080. The van der Waals surface area contributed by atoms with E-state index in [2.05, 4.69) is 0 Å². The van der Waals surface area contributed by atoms with Gasteiger partial charge in [-0.25, -0.2) is 0 Å². The first kappa shape index (κ1) is 28.3. The molecule has 0 aromatic heterocycles. The summed E-state index contributed by atoms with van der Waals surface area (Å²) in [5, 5.41) is 70.1. The van der Waals surface area contributed by atoms with Gasteiger partial charge in [0.15, 0.2) is 23.0 Å². The Morgan fingerprint density at radius 2 is 1.26 bits per heavy atom. The lowest BCUT2D eigenvalue weighted by Gasteiger charge is -2.39. The van der Waals surface area contributed by atoms with E-state index in [9.17, 15) is 35.7 Å². The molecule has 0 amide bonds. The van der Waals surface area contributed by atoms with Crippen LogP contribution in [0.5, 0.6) is 23.0 Å². The highest BCUT2D eigenvalue weighted by molar-refractivity contribution is 5.45. The number of benzene rings is 2. The Morgan fingerprint density at radius 1 is 0.684 bits per heavy atom. The van der Waals surface area contributed by atoms with Gasteiger partial charge in [-0.2, -0.15) is 0 Å². The maximum Gasteiger partial charge on any atom is 0.229 e. The van der Waals surface area contributed by atoms with Crippen LogP contribution in [0, 0.1) is 11.8 Å².